The van der Waals surface area contributed by atoms with Gasteiger partial charge in [0, 0.05) is 18.2 Å². The lowest BCUT2D eigenvalue weighted by atomic mass is 10.2. The number of nitrogens with zero attached hydrogens (tertiary/aromatic N) is 4. The van der Waals surface area contributed by atoms with Crippen LogP contribution in [0.2, 0.25) is 0 Å². The number of aromatic amines is 2. The number of benzene rings is 1. The molecule has 3 rings (SSSR count). The minimum atomic E-state index is -0.485. The van der Waals surface area contributed by atoms with Gasteiger partial charge in [-0.1, -0.05) is 0 Å². The van der Waals surface area contributed by atoms with E-state index in [0.29, 0.717) is 33.4 Å². The maximum absolute atomic E-state index is 11.3. The lowest BCUT2D eigenvalue weighted by molar-refractivity contribution is -0.132. The first kappa shape index (κ1) is 19.3. The SMILES string of the molecule is COc1cc(C=Nn2c(-c3cc(C)[nH]n3)n[nH]c2=S)cc(OC)c1OC(C)=O. The molecule has 146 valence electrons. The van der Waals surface area contributed by atoms with Crippen molar-refractivity contribution in [3.63, 3.8) is 0 Å². The van der Waals surface area contributed by atoms with E-state index in [9.17, 15) is 4.79 Å². The molecule has 2 aromatic heterocycles. The van der Waals surface area contributed by atoms with Gasteiger partial charge in [0.05, 0.1) is 20.4 Å². The van der Waals surface area contributed by atoms with E-state index in [4.69, 9.17) is 26.4 Å². The molecule has 0 unspecified atom stereocenters. The first-order chi connectivity index (χ1) is 13.4. The van der Waals surface area contributed by atoms with Crippen LogP contribution in [0, 0.1) is 11.7 Å². The zero-order valence-electron chi connectivity index (χ0n) is 15.6. The van der Waals surface area contributed by atoms with Gasteiger partial charge in [0.2, 0.25) is 16.3 Å². The molecule has 0 atom stereocenters. The molecule has 3 aromatic rings. The molecule has 0 bridgehead atoms. The monoisotopic (exact) mass is 402 g/mol. The fraction of sp³-hybridized carbons (Fsp3) is 0.235. The van der Waals surface area contributed by atoms with Crippen LogP contribution in [-0.4, -0.2) is 51.5 Å². The number of hydrogen-bond acceptors (Lipinski definition) is 8. The van der Waals surface area contributed by atoms with Gasteiger partial charge in [0.15, 0.2) is 11.5 Å². The van der Waals surface area contributed by atoms with E-state index >= 15 is 0 Å². The number of carbonyl (C=O) groups excluding carboxylic acids is 1. The number of nitrogens with one attached hydrogen (secondary N) is 2. The van der Waals surface area contributed by atoms with E-state index in [1.807, 2.05) is 13.0 Å². The van der Waals surface area contributed by atoms with E-state index < -0.39 is 5.97 Å². The number of ether oxygens (including phenoxy) is 3. The van der Waals surface area contributed by atoms with Gasteiger partial charge in [-0.05, 0) is 37.3 Å². The smallest absolute Gasteiger partial charge is 0.308 e. The molecule has 2 N–H and O–H groups in total. The summed E-state index contributed by atoms with van der Waals surface area (Å²) in [6, 6.07) is 5.15. The minimum absolute atomic E-state index is 0.197. The first-order valence-electron chi connectivity index (χ1n) is 8.11. The minimum Gasteiger partial charge on any atom is -0.493 e. The zero-order chi connectivity index (χ0) is 20.3. The molecule has 11 heteroatoms. The van der Waals surface area contributed by atoms with Crippen molar-refractivity contribution in [3.05, 3.63) is 34.2 Å². The quantitative estimate of drug-likeness (QED) is 0.281. The Morgan fingerprint density at radius 3 is 2.39 bits per heavy atom. The van der Waals surface area contributed by atoms with E-state index in [1.165, 1.54) is 25.8 Å². The molecule has 0 saturated carbocycles. The van der Waals surface area contributed by atoms with Crippen LogP contribution in [-0.2, 0) is 4.79 Å². The Hall–Kier alpha value is -3.47. The van der Waals surface area contributed by atoms with Gasteiger partial charge in [0.1, 0.15) is 5.69 Å². The van der Waals surface area contributed by atoms with Crippen molar-refractivity contribution in [1.29, 1.82) is 0 Å². The summed E-state index contributed by atoms with van der Waals surface area (Å²) in [5.74, 6) is 0.829. The molecule has 0 aliphatic heterocycles. The second-order valence-electron chi connectivity index (χ2n) is 5.69. The Morgan fingerprint density at radius 1 is 1.18 bits per heavy atom. The molecular weight excluding hydrogens is 384 g/mol. The highest BCUT2D eigenvalue weighted by atomic mass is 32.1. The number of carbonyl (C=O) groups is 1. The molecule has 28 heavy (non-hydrogen) atoms. The van der Waals surface area contributed by atoms with Crippen LogP contribution in [0.5, 0.6) is 17.2 Å². The Balaban J connectivity index is 2.01. The van der Waals surface area contributed by atoms with E-state index in [-0.39, 0.29) is 5.75 Å². The number of hydrogen-bond donors (Lipinski definition) is 2. The van der Waals surface area contributed by atoms with Crippen molar-refractivity contribution in [3.8, 4) is 28.8 Å². The summed E-state index contributed by atoms with van der Waals surface area (Å²) >= 11 is 5.25. The number of H-pyrrole nitrogens is 2. The van der Waals surface area contributed by atoms with Gasteiger partial charge >= 0.3 is 5.97 Å². The van der Waals surface area contributed by atoms with Crippen molar-refractivity contribution in [1.82, 2.24) is 25.1 Å². The summed E-state index contributed by atoms with van der Waals surface area (Å²) in [6.45, 7) is 3.18. The molecule has 0 spiro atoms. The predicted octanol–water partition coefficient (Wildman–Crippen LogP) is 2.46. The largest absolute Gasteiger partial charge is 0.493 e. The maximum atomic E-state index is 11.3. The zero-order valence-corrected chi connectivity index (χ0v) is 16.5. The third-order valence-corrected chi connectivity index (χ3v) is 3.90. The van der Waals surface area contributed by atoms with Crippen LogP contribution in [0.4, 0.5) is 0 Å². The molecule has 0 amide bonds. The van der Waals surface area contributed by atoms with Gasteiger partial charge in [-0.15, -0.1) is 0 Å². The second-order valence-corrected chi connectivity index (χ2v) is 6.08. The van der Waals surface area contributed by atoms with E-state index in [1.54, 1.807) is 18.3 Å². The molecule has 10 nitrogen and oxygen atoms in total. The molecule has 0 saturated heterocycles. The van der Waals surface area contributed by atoms with Gasteiger partial charge in [-0.25, -0.2) is 5.10 Å². The summed E-state index contributed by atoms with van der Waals surface area (Å²) in [6.07, 6.45) is 1.55. The Labute approximate surface area is 165 Å². The molecule has 0 aliphatic rings. The highest BCUT2D eigenvalue weighted by Crippen LogP contribution is 2.38. The maximum Gasteiger partial charge on any atom is 0.308 e. The molecule has 0 aliphatic carbocycles. The fourth-order valence-electron chi connectivity index (χ4n) is 2.44. The Bertz CT molecular complexity index is 1070. The Morgan fingerprint density at radius 2 is 1.86 bits per heavy atom. The second kappa shape index (κ2) is 8.05. The van der Waals surface area contributed by atoms with Crippen LogP contribution in [0.15, 0.2) is 23.3 Å². The average molecular weight is 402 g/mol. The van der Waals surface area contributed by atoms with Crippen molar-refractivity contribution < 1.29 is 19.0 Å². The topological polar surface area (TPSA) is 119 Å². The third-order valence-electron chi connectivity index (χ3n) is 3.64. The van der Waals surface area contributed by atoms with Crippen LogP contribution in [0.1, 0.15) is 18.2 Å². The molecule has 0 radical (unpaired) electrons. The lowest BCUT2D eigenvalue weighted by Gasteiger charge is -2.13. The highest BCUT2D eigenvalue weighted by molar-refractivity contribution is 7.71. The summed E-state index contributed by atoms with van der Waals surface area (Å²) in [5, 5.41) is 18.3. The summed E-state index contributed by atoms with van der Waals surface area (Å²) in [7, 11) is 2.93. The summed E-state index contributed by atoms with van der Waals surface area (Å²) < 4.78 is 17.6. The number of rotatable bonds is 6. The summed E-state index contributed by atoms with van der Waals surface area (Å²) in [4.78, 5) is 11.3. The van der Waals surface area contributed by atoms with Crippen molar-refractivity contribution in [2.75, 3.05) is 14.2 Å². The Kier molecular flexibility index (Phi) is 5.54. The van der Waals surface area contributed by atoms with E-state index in [0.717, 1.165) is 5.69 Å². The van der Waals surface area contributed by atoms with Crippen LogP contribution in [0.25, 0.3) is 11.5 Å². The summed E-state index contributed by atoms with van der Waals surface area (Å²) in [5.41, 5.74) is 2.12. The normalized spacial score (nSPS) is 11.0. The van der Waals surface area contributed by atoms with Crippen LogP contribution in [0.3, 0.4) is 0 Å². The predicted molar refractivity (Wildman–Crippen MR) is 104 cm³/mol. The number of aryl methyl sites for hydroxylation is 1. The van der Waals surface area contributed by atoms with E-state index in [2.05, 4.69) is 25.5 Å². The van der Waals surface area contributed by atoms with Crippen molar-refractivity contribution in [2.24, 2.45) is 5.10 Å². The van der Waals surface area contributed by atoms with Crippen LogP contribution < -0.4 is 14.2 Å². The van der Waals surface area contributed by atoms with Gasteiger partial charge < -0.3 is 14.2 Å². The number of aromatic nitrogens is 5. The molecular formula is C17H18N6O4S. The highest BCUT2D eigenvalue weighted by Gasteiger charge is 2.16. The van der Waals surface area contributed by atoms with Crippen LogP contribution >= 0.6 is 12.2 Å². The lowest BCUT2D eigenvalue weighted by Crippen LogP contribution is -2.05. The third kappa shape index (κ3) is 3.93. The average Bonchev–Trinajstić information content (AvgIpc) is 3.25. The number of esters is 1. The van der Waals surface area contributed by atoms with Crippen molar-refractivity contribution in [2.45, 2.75) is 13.8 Å². The standard InChI is InChI=1S/C17H18N6O4S/c1-9-5-12(20-19-9)16-21-22-17(28)23(16)18-8-11-6-13(25-3)15(27-10(2)24)14(7-11)26-4/h5-8H,1-4H3,(H,19,20)(H,22,28). The first-order valence-corrected chi connectivity index (χ1v) is 8.52. The van der Waals surface area contributed by atoms with Crippen molar-refractivity contribution >= 4 is 24.4 Å². The molecule has 2 heterocycles. The van der Waals surface area contributed by atoms with Gasteiger partial charge in [0.25, 0.3) is 0 Å². The van der Waals surface area contributed by atoms with Gasteiger partial charge in [-0.2, -0.15) is 20.0 Å². The molecule has 1 aromatic carbocycles. The fourth-order valence-corrected chi connectivity index (χ4v) is 2.62. The van der Waals surface area contributed by atoms with Gasteiger partial charge in [-0.3, -0.25) is 9.89 Å². The number of methoxy groups -OCH3 is 2. The molecule has 0 fully saturated rings.